The molecule has 1 unspecified atom stereocenters. The van der Waals surface area contributed by atoms with Gasteiger partial charge in [-0.15, -0.1) is 0 Å². The van der Waals surface area contributed by atoms with E-state index in [1.165, 1.54) is 0 Å². The van der Waals surface area contributed by atoms with Crippen molar-refractivity contribution in [1.29, 1.82) is 0 Å². The zero-order chi connectivity index (χ0) is 10.4. The number of hydrogen-bond donors (Lipinski definition) is 1. The summed E-state index contributed by atoms with van der Waals surface area (Å²) in [4.78, 5) is 4.17. The largest absolute Gasteiger partial charge is 0.375 e. The Kier molecular flexibility index (Phi) is 4.76. The van der Waals surface area contributed by atoms with Gasteiger partial charge in [0.15, 0.2) is 0 Å². The van der Waals surface area contributed by atoms with Crippen molar-refractivity contribution in [1.82, 2.24) is 0 Å². The zero-order valence-corrected chi connectivity index (χ0v) is 8.50. The van der Waals surface area contributed by atoms with E-state index in [1.807, 2.05) is 0 Å². The van der Waals surface area contributed by atoms with Crippen LogP contribution < -0.4 is 5.73 Å². The monoisotopic (exact) mass is 200 g/mol. The van der Waals surface area contributed by atoms with Gasteiger partial charge in [0.05, 0.1) is 6.61 Å². The highest BCUT2D eigenvalue weighted by Gasteiger charge is 2.12. The minimum atomic E-state index is -0.455. The molecular weight excluding hydrogens is 183 g/mol. The van der Waals surface area contributed by atoms with E-state index >= 15 is 0 Å². The van der Waals surface area contributed by atoms with Gasteiger partial charge in [0, 0.05) is 31.0 Å². The summed E-state index contributed by atoms with van der Waals surface area (Å²) >= 11 is 0. The molecule has 0 aromatic rings. The molecule has 1 aliphatic heterocycles. The number of hydrogen-bond acceptors (Lipinski definition) is 3. The Balaban J connectivity index is 2.56. The van der Waals surface area contributed by atoms with Gasteiger partial charge in [0.2, 0.25) is 0 Å². The minimum Gasteiger partial charge on any atom is -0.375 e. The summed E-state index contributed by atoms with van der Waals surface area (Å²) in [5.41, 5.74) is 7.33. The summed E-state index contributed by atoms with van der Waals surface area (Å²) in [6.45, 7) is 2.46. The Morgan fingerprint density at radius 3 is 3.29 bits per heavy atom. The van der Waals surface area contributed by atoms with E-state index in [2.05, 4.69) is 4.99 Å². The van der Waals surface area contributed by atoms with Crippen LogP contribution in [0.25, 0.3) is 0 Å². The van der Waals surface area contributed by atoms with Crippen molar-refractivity contribution >= 4 is 5.71 Å². The first-order valence-corrected chi connectivity index (χ1v) is 4.83. The molecule has 0 spiro atoms. The highest BCUT2D eigenvalue weighted by Crippen LogP contribution is 2.05. The minimum absolute atomic E-state index is 0.121. The topological polar surface area (TPSA) is 47.6 Å². The van der Waals surface area contributed by atoms with Crippen molar-refractivity contribution in [3.8, 4) is 0 Å². The lowest BCUT2D eigenvalue weighted by Crippen LogP contribution is -2.22. The van der Waals surface area contributed by atoms with Crippen molar-refractivity contribution in [2.45, 2.75) is 25.8 Å². The molecule has 0 radical (unpaired) electrons. The first-order valence-electron chi connectivity index (χ1n) is 4.83. The molecular formula is C10H17FN2O. The van der Waals surface area contributed by atoms with Gasteiger partial charge in [-0.3, -0.25) is 4.99 Å². The van der Waals surface area contributed by atoms with Crippen LogP contribution in [0.15, 0.2) is 16.8 Å². The van der Waals surface area contributed by atoms with E-state index in [9.17, 15) is 4.39 Å². The molecule has 1 aliphatic rings. The van der Waals surface area contributed by atoms with Crippen LogP contribution in [0.1, 0.15) is 19.8 Å². The van der Waals surface area contributed by atoms with Gasteiger partial charge in [-0.1, -0.05) is 0 Å². The highest BCUT2D eigenvalue weighted by atomic mass is 19.1. The van der Waals surface area contributed by atoms with E-state index in [-0.39, 0.29) is 6.04 Å². The maximum atomic E-state index is 12.1. The second-order valence-electron chi connectivity index (χ2n) is 3.61. The first-order chi connectivity index (χ1) is 6.72. The average Bonchev–Trinajstić information content (AvgIpc) is 2.39. The van der Waals surface area contributed by atoms with Crippen molar-refractivity contribution in [2.75, 3.05) is 19.9 Å². The Morgan fingerprint density at radius 1 is 1.79 bits per heavy atom. The second kappa shape index (κ2) is 5.88. The van der Waals surface area contributed by atoms with Crippen LogP contribution in [-0.4, -0.2) is 31.6 Å². The summed E-state index contributed by atoms with van der Waals surface area (Å²) in [7, 11) is 0. The molecule has 1 fully saturated rings. The summed E-state index contributed by atoms with van der Waals surface area (Å²) in [5.74, 6) is 0. The van der Waals surface area contributed by atoms with Crippen LogP contribution in [-0.2, 0) is 4.74 Å². The smallest absolute Gasteiger partial charge is 0.112 e. The van der Waals surface area contributed by atoms with Gasteiger partial charge < -0.3 is 10.5 Å². The third-order valence-electron chi connectivity index (χ3n) is 2.08. The van der Waals surface area contributed by atoms with E-state index in [0.717, 1.165) is 18.6 Å². The van der Waals surface area contributed by atoms with Gasteiger partial charge in [0.1, 0.15) is 6.67 Å². The molecule has 14 heavy (non-hydrogen) atoms. The summed E-state index contributed by atoms with van der Waals surface area (Å²) < 4.78 is 17.4. The van der Waals surface area contributed by atoms with Gasteiger partial charge in [0.25, 0.3) is 0 Å². The number of allylic oxidation sites excluding steroid dienone is 1. The third kappa shape index (κ3) is 3.98. The molecule has 1 atom stereocenters. The van der Waals surface area contributed by atoms with Crippen LogP contribution in [0.2, 0.25) is 0 Å². The van der Waals surface area contributed by atoms with Crippen molar-refractivity contribution in [3.63, 3.8) is 0 Å². The lowest BCUT2D eigenvalue weighted by molar-refractivity contribution is 0.172. The maximum absolute atomic E-state index is 12.1. The predicted molar refractivity (Wildman–Crippen MR) is 55.2 cm³/mol. The quantitative estimate of drug-likeness (QED) is 0.733. The summed E-state index contributed by atoms with van der Waals surface area (Å²) in [5, 5.41) is 0. The molecule has 2 N–H and O–H groups in total. The number of nitrogens with zero attached hydrogens (tertiary/aromatic N) is 1. The number of rotatable bonds is 2. The van der Waals surface area contributed by atoms with Crippen LogP contribution in [0.4, 0.5) is 4.39 Å². The Morgan fingerprint density at radius 2 is 2.57 bits per heavy atom. The number of halogens is 1. The van der Waals surface area contributed by atoms with Crippen LogP contribution in [0.3, 0.4) is 0 Å². The number of nitrogens with two attached hydrogens (primary N) is 1. The molecule has 80 valence electrons. The van der Waals surface area contributed by atoms with Crippen molar-refractivity contribution < 1.29 is 9.13 Å². The fourth-order valence-corrected chi connectivity index (χ4v) is 1.21. The zero-order valence-electron chi connectivity index (χ0n) is 8.50. The fourth-order valence-electron chi connectivity index (χ4n) is 1.21. The van der Waals surface area contributed by atoms with Gasteiger partial charge >= 0.3 is 0 Å². The summed E-state index contributed by atoms with van der Waals surface area (Å²) in [6, 6.07) is 0.121. The van der Waals surface area contributed by atoms with Crippen molar-refractivity contribution in [2.24, 2.45) is 10.7 Å². The molecule has 3 nitrogen and oxygen atoms in total. The van der Waals surface area contributed by atoms with Crippen LogP contribution in [0.5, 0.6) is 0 Å². The standard InChI is InChI=1S/C10H17FN2O/c1-8(5-11)6-13-10-4-9(12)2-3-14-7-10/h6,9H,2-5,7,12H2,1H3/b8-6+,13-10?. The van der Waals surface area contributed by atoms with Gasteiger partial charge in [-0.05, 0) is 18.9 Å². The molecule has 0 amide bonds. The molecule has 0 saturated carbocycles. The van der Waals surface area contributed by atoms with E-state index < -0.39 is 6.67 Å². The molecule has 1 saturated heterocycles. The molecule has 0 aromatic heterocycles. The SMILES string of the molecule is C/C(=C\N=C1COCCC(N)C1)CF. The highest BCUT2D eigenvalue weighted by molar-refractivity contribution is 5.87. The summed E-state index contributed by atoms with van der Waals surface area (Å²) in [6.07, 6.45) is 3.16. The Labute approximate surface area is 83.8 Å². The molecule has 0 aliphatic carbocycles. The maximum Gasteiger partial charge on any atom is 0.112 e. The van der Waals surface area contributed by atoms with Gasteiger partial charge in [-0.2, -0.15) is 0 Å². The number of ether oxygens (including phenoxy) is 1. The Hall–Kier alpha value is -0.740. The van der Waals surface area contributed by atoms with Crippen LogP contribution >= 0.6 is 0 Å². The third-order valence-corrected chi connectivity index (χ3v) is 2.08. The van der Waals surface area contributed by atoms with E-state index in [1.54, 1.807) is 13.1 Å². The molecule has 1 rings (SSSR count). The molecule has 0 bridgehead atoms. The lowest BCUT2D eigenvalue weighted by Gasteiger charge is -2.05. The van der Waals surface area contributed by atoms with E-state index in [4.69, 9.17) is 10.5 Å². The molecule has 1 heterocycles. The first kappa shape index (κ1) is 11.3. The fraction of sp³-hybridized carbons (Fsp3) is 0.700. The average molecular weight is 200 g/mol. The predicted octanol–water partition coefficient (Wildman–Crippen LogP) is 1.44. The normalized spacial score (nSPS) is 27.8. The Bertz CT molecular complexity index is 238. The molecule has 4 heteroatoms. The number of aliphatic imine (C=N–C) groups is 1. The van der Waals surface area contributed by atoms with Crippen molar-refractivity contribution in [3.05, 3.63) is 11.8 Å². The number of alkyl halides is 1. The van der Waals surface area contributed by atoms with E-state index in [0.29, 0.717) is 18.8 Å². The van der Waals surface area contributed by atoms with Gasteiger partial charge in [-0.25, -0.2) is 4.39 Å². The second-order valence-corrected chi connectivity index (χ2v) is 3.61. The molecule has 0 aromatic carbocycles. The lowest BCUT2D eigenvalue weighted by atomic mass is 10.1. The van der Waals surface area contributed by atoms with Crippen LogP contribution in [0, 0.1) is 0 Å².